The maximum absolute atomic E-state index is 12.4. The number of hydrogen-bond donors (Lipinski definition) is 2. The van der Waals surface area contributed by atoms with Gasteiger partial charge in [-0.15, -0.1) is 11.3 Å². The van der Waals surface area contributed by atoms with Crippen LogP contribution in [-0.2, 0) is 16.6 Å². The molecule has 1 aliphatic rings. The number of nitrogens with zero attached hydrogens (tertiary/aromatic N) is 4. The lowest BCUT2D eigenvalue weighted by Crippen LogP contribution is -2.45. The molecule has 160 valence electrons. The third-order valence-electron chi connectivity index (χ3n) is 5.08. The van der Waals surface area contributed by atoms with E-state index in [1.165, 1.54) is 0 Å². The molecular formula is C20H26N6O2S2. The number of piperazine rings is 1. The SMILES string of the molecule is CN1CCN(c2nc(NCCS(=O)(=O)NCc3ccccc3)c3sccc3n2)CC1. The Hall–Kier alpha value is -2.27. The van der Waals surface area contributed by atoms with Gasteiger partial charge in [0.1, 0.15) is 5.82 Å². The van der Waals surface area contributed by atoms with E-state index in [2.05, 4.69) is 26.9 Å². The third-order valence-corrected chi connectivity index (χ3v) is 7.32. The van der Waals surface area contributed by atoms with Gasteiger partial charge in [-0.1, -0.05) is 30.3 Å². The summed E-state index contributed by atoms with van der Waals surface area (Å²) < 4.78 is 28.3. The Morgan fingerprint density at radius 1 is 1.07 bits per heavy atom. The zero-order chi connectivity index (χ0) is 21.0. The number of likely N-dealkylation sites (N-methyl/N-ethyl adjacent to an activating group) is 1. The fourth-order valence-electron chi connectivity index (χ4n) is 3.28. The molecule has 0 aliphatic carbocycles. The van der Waals surface area contributed by atoms with Crippen molar-refractivity contribution in [2.75, 3.05) is 55.7 Å². The number of hydrogen-bond acceptors (Lipinski definition) is 8. The van der Waals surface area contributed by atoms with Crippen molar-refractivity contribution >= 4 is 43.3 Å². The summed E-state index contributed by atoms with van der Waals surface area (Å²) in [6, 6.07) is 11.5. The minimum absolute atomic E-state index is 0.0272. The normalized spacial score (nSPS) is 15.6. The molecule has 3 aromatic rings. The fraction of sp³-hybridized carbons (Fsp3) is 0.400. The summed E-state index contributed by atoms with van der Waals surface area (Å²) in [4.78, 5) is 13.9. The lowest BCUT2D eigenvalue weighted by Gasteiger charge is -2.32. The highest BCUT2D eigenvalue weighted by molar-refractivity contribution is 7.89. The highest BCUT2D eigenvalue weighted by atomic mass is 32.2. The predicted molar refractivity (Wildman–Crippen MR) is 123 cm³/mol. The van der Waals surface area contributed by atoms with Gasteiger partial charge in [0.2, 0.25) is 16.0 Å². The number of rotatable bonds is 8. The first kappa shape index (κ1) is 21.0. The molecule has 3 heterocycles. The second-order valence-electron chi connectivity index (χ2n) is 7.35. The van der Waals surface area contributed by atoms with Gasteiger partial charge >= 0.3 is 0 Å². The van der Waals surface area contributed by atoms with Crippen LogP contribution in [0.15, 0.2) is 41.8 Å². The van der Waals surface area contributed by atoms with Crippen molar-refractivity contribution in [1.82, 2.24) is 19.6 Å². The van der Waals surface area contributed by atoms with Crippen LogP contribution in [0.4, 0.5) is 11.8 Å². The third kappa shape index (κ3) is 5.25. The highest BCUT2D eigenvalue weighted by Crippen LogP contribution is 2.28. The summed E-state index contributed by atoms with van der Waals surface area (Å²) >= 11 is 1.56. The summed E-state index contributed by atoms with van der Waals surface area (Å²) in [6.07, 6.45) is 0. The molecule has 0 radical (unpaired) electrons. The first-order valence-corrected chi connectivity index (χ1v) is 12.5. The Morgan fingerprint density at radius 3 is 2.60 bits per heavy atom. The van der Waals surface area contributed by atoms with E-state index in [9.17, 15) is 8.42 Å². The Bertz CT molecular complexity index is 1080. The molecule has 0 atom stereocenters. The van der Waals surface area contributed by atoms with Gasteiger partial charge in [0.25, 0.3) is 0 Å². The molecular weight excluding hydrogens is 420 g/mol. The Kier molecular flexibility index (Phi) is 6.47. The minimum atomic E-state index is -3.39. The molecule has 0 amide bonds. The molecule has 0 spiro atoms. The van der Waals surface area contributed by atoms with Gasteiger partial charge in [-0.2, -0.15) is 4.98 Å². The van der Waals surface area contributed by atoms with Crippen LogP contribution in [0.2, 0.25) is 0 Å². The molecule has 30 heavy (non-hydrogen) atoms. The van der Waals surface area contributed by atoms with Crippen LogP contribution in [0.5, 0.6) is 0 Å². The van der Waals surface area contributed by atoms with Crippen LogP contribution in [0, 0.1) is 0 Å². The van der Waals surface area contributed by atoms with Crippen molar-refractivity contribution in [2.24, 2.45) is 0 Å². The lowest BCUT2D eigenvalue weighted by atomic mass is 10.2. The maximum atomic E-state index is 12.4. The van der Waals surface area contributed by atoms with Gasteiger partial charge in [-0.05, 0) is 24.1 Å². The van der Waals surface area contributed by atoms with E-state index in [0.29, 0.717) is 18.3 Å². The molecule has 2 aromatic heterocycles. The smallest absolute Gasteiger partial charge is 0.228 e. The van der Waals surface area contributed by atoms with E-state index in [-0.39, 0.29) is 12.3 Å². The Balaban J connectivity index is 1.40. The van der Waals surface area contributed by atoms with Crippen molar-refractivity contribution in [3.8, 4) is 0 Å². The topological polar surface area (TPSA) is 90.5 Å². The molecule has 1 fully saturated rings. The lowest BCUT2D eigenvalue weighted by molar-refractivity contribution is 0.311. The summed E-state index contributed by atoms with van der Waals surface area (Å²) in [5.41, 5.74) is 1.82. The Morgan fingerprint density at radius 2 is 1.83 bits per heavy atom. The average molecular weight is 447 g/mol. The number of benzene rings is 1. The predicted octanol–water partition coefficient (Wildman–Crippen LogP) is 1.97. The van der Waals surface area contributed by atoms with Gasteiger partial charge < -0.3 is 15.1 Å². The standard InChI is InChI=1S/C20H26N6O2S2/c1-25-9-11-26(12-10-25)20-23-17-7-13-29-18(17)19(24-20)21-8-14-30(27,28)22-15-16-5-3-2-4-6-16/h2-7,13,22H,8-12,14-15H2,1H3,(H,21,23,24). The second-order valence-corrected chi connectivity index (χ2v) is 10.2. The second kappa shape index (κ2) is 9.25. The van der Waals surface area contributed by atoms with E-state index >= 15 is 0 Å². The van der Waals surface area contributed by atoms with Gasteiger partial charge in [-0.3, -0.25) is 0 Å². The van der Waals surface area contributed by atoms with Crippen LogP contribution < -0.4 is 14.9 Å². The number of fused-ring (bicyclic) bond motifs is 1. The van der Waals surface area contributed by atoms with Gasteiger partial charge in [0.15, 0.2) is 0 Å². The van der Waals surface area contributed by atoms with Crippen LogP contribution in [0.25, 0.3) is 10.2 Å². The zero-order valence-electron chi connectivity index (χ0n) is 16.9. The van der Waals surface area contributed by atoms with Crippen LogP contribution >= 0.6 is 11.3 Å². The minimum Gasteiger partial charge on any atom is -0.368 e. The van der Waals surface area contributed by atoms with Gasteiger partial charge in [0, 0.05) is 39.3 Å². The quantitative estimate of drug-likeness (QED) is 0.547. The van der Waals surface area contributed by atoms with Gasteiger partial charge in [0.05, 0.1) is 16.0 Å². The first-order valence-electron chi connectivity index (χ1n) is 9.94. The number of sulfonamides is 1. The number of thiophene rings is 1. The molecule has 1 aromatic carbocycles. The van der Waals surface area contributed by atoms with E-state index in [4.69, 9.17) is 9.97 Å². The average Bonchev–Trinajstić information content (AvgIpc) is 3.22. The van der Waals surface area contributed by atoms with Crippen molar-refractivity contribution in [1.29, 1.82) is 0 Å². The monoisotopic (exact) mass is 446 g/mol. The molecule has 1 aliphatic heterocycles. The molecule has 4 rings (SSSR count). The summed E-state index contributed by atoms with van der Waals surface area (Å²) in [7, 11) is -1.28. The van der Waals surface area contributed by atoms with Crippen molar-refractivity contribution in [3.63, 3.8) is 0 Å². The van der Waals surface area contributed by atoms with Crippen LogP contribution in [0.3, 0.4) is 0 Å². The number of anilines is 2. The molecule has 1 saturated heterocycles. The van der Waals surface area contributed by atoms with Crippen molar-refractivity contribution in [2.45, 2.75) is 6.54 Å². The van der Waals surface area contributed by atoms with E-state index in [1.54, 1.807) is 11.3 Å². The van der Waals surface area contributed by atoms with Crippen LogP contribution in [0.1, 0.15) is 5.56 Å². The van der Waals surface area contributed by atoms with E-state index in [1.807, 2.05) is 41.8 Å². The number of nitrogens with one attached hydrogen (secondary N) is 2. The van der Waals surface area contributed by atoms with Crippen molar-refractivity contribution < 1.29 is 8.42 Å². The molecule has 8 nitrogen and oxygen atoms in total. The first-order chi connectivity index (χ1) is 14.5. The summed E-state index contributed by atoms with van der Waals surface area (Å²) in [5, 5.41) is 5.20. The molecule has 2 N–H and O–H groups in total. The molecule has 0 bridgehead atoms. The van der Waals surface area contributed by atoms with E-state index in [0.717, 1.165) is 42.0 Å². The zero-order valence-corrected chi connectivity index (χ0v) is 18.5. The molecule has 0 saturated carbocycles. The number of aromatic nitrogens is 2. The Labute approximate surface area is 181 Å². The van der Waals surface area contributed by atoms with Crippen LogP contribution in [-0.4, -0.2) is 68.8 Å². The largest absolute Gasteiger partial charge is 0.368 e. The van der Waals surface area contributed by atoms with Gasteiger partial charge in [-0.25, -0.2) is 18.1 Å². The fourth-order valence-corrected chi connectivity index (χ4v) is 4.98. The highest BCUT2D eigenvalue weighted by Gasteiger charge is 2.19. The summed E-state index contributed by atoms with van der Waals surface area (Å²) in [5.74, 6) is 1.37. The van der Waals surface area contributed by atoms with Crippen molar-refractivity contribution in [3.05, 3.63) is 47.3 Å². The van der Waals surface area contributed by atoms with E-state index < -0.39 is 10.0 Å². The summed E-state index contributed by atoms with van der Waals surface area (Å²) in [6.45, 7) is 4.26. The maximum Gasteiger partial charge on any atom is 0.228 e. The molecule has 0 unspecified atom stereocenters. The molecule has 10 heteroatoms.